The molecule has 0 atom stereocenters. The number of aryl methyl sites for hydroxylation is 1. The van der Waals surface area contributed by atoms with Crippen molar-refractivity contribution in [3.63, 3.8) is 0 Å². The Bertz CT molecular complexity index is 830. The van der Waals surface area contributed by atoms with E-state index in [1.165, 1.54) is 6.07 Å². The van der Waals surface area contributed by atoms with Crippen LogP contribution in [0.25, 0.3) is 0 Å². The van der Waals surface area contributed by atoms with Gasteiger partial charge in [-0.2, -0.15) is 8.78 Å². The molecule has 1 amide bonds. The second-order valence-electron chi connectivity index (χ2n) is 6.05. The topological polar surface area (TPSA) is 74.8 Å². The average molecular weight is 518 g/mol. The first-order chi connectivity index (χ1) is 13.4. The molecule has 0 unspecified atom stereocenters. The van der Waals surface area contributed by atoms with Gasteiger partial charge in [-0.3, -0.25) is 9.79 Å². The fourth-order valence-corrected chi connectivity index (χ4v) is 2.56. The molecular weight excluding hydrogens is 493 g/mol. The van der Waals surface area contributed by atoms with Gasteiger partial charge in [-0.15, -0.1) is 24.0 Å². The summed E-state index contributed by atoms with van der Waals surface area (Å²) in [7, 11) is 3.20. The molecule has 0 radical (unpaired) electrons. The van der Waals surface area contributed by atoms with E-state index in [1.807, 2.05) is 19.1 Å². The van der Waals surface area contributed by atoms with Gasteiger partial charge in [-0.05, 0) is 30.7 Å². The van der Waals surface area contributed by atoms with Crippen molar-refractivity contribution in [2.75, 3.05) is 14.1 Å². The highest BCUT2D eigenvalue weighted by molar-refractivity contribution is 14.0. The number of alkyl halides is 2. The zero-order chi connectivity index (χ0) is 20.5. The third-order valence-corrected chi connectivity index (χ3v) is 4.01. The molecule has 29 heavy (non-hydrogen) atoms. The van der Waals surface area contributed by atoms with Crippen LogP contribution in [0.15, 0.2) is 47.5 Å². The maximum absolute atomic E-state index is 12.6. The van der Waals surface area contributed by atoms with E-state index in [1.54, 1.807) is 38.4 Å². The number of carbonyl (C=O) groups is 1. The molecule has 0 aliphatic heterocycles. The lowest BCUT2D eigenvalue weighted by Crippen LogP contribution is -2.36. The quantitative estimate of drug-likeness (QED) is 0.299. The largest absolute Gasteiger partial charge is 0.434 e. The summed E-state index contributed by atoms with van der Waals surface area (Å²) < 4.78 is 29.7. The van der Waals surface area contributed by atoms with Crippen molar-refractivity contribution in [3.8, 4) is 5.75 Å². The lowest BCUT2D eigenvalue weighted by atomic mass is 10.1. The van der Waals surface area contributed by atoms with Crippen LogP contribution in [0.5, 0.6) is 5.75 Å². The molecule has 2 aromatic carbocycles. The molecule has 3 N–H and O–H groups in total. The summed E-state index contributed by atoms with van der Waals surface area (Å²) in [6, 6.07) is 12.2. The Morgan fingerprint density at radius 1 is 1.10 bits per heavy atom. The number of benzene rings is 2. The summed E-state index contributed by atoms with van der Waals surface area (Å²) in [6.45, 7) is -0.233. The number of nitrogens with zero attached hydrogens (tertiary/aromatic N) is 1. The number of rotatable bonds is 7. The third-order valence-electron chi connectivity index (χ3n) is 4.01. The molecular formula is C20H25F2IN4O2. The molecule has 2 rings (SSSR count). The fourth-order valence-electron chi connectivity index (χ4n) is 2.56. The number of aliphatic imine (C=N–C) groups is 1. The van der Waals surface area contributed by atoms with Gasteiger partial charge >= 0.3 is 6.61 Å². The molecule has 0 heterocycles. The highest BCUT2D eigenvalue weighted by atomic mass is 127. The van der Waals surface area contributed by atoms with Crippen LogP contribution in [0, 0.1) is 6.92 Å². The third kappa shape index (κ3) is 7.84. The number of nitrogens with one attached hydrogen (secondary N) is 3. The lowest BCUT2D eigenvalue weighted by molar-refractivity contribution is -0.0504. The maximum Gasteiger partial charge on any atom is 0.387 e. The van der Waals surface area contributed by atoms with Crippen molar-refractivity contribution < 1.29 is 18.3 Å². The second kappa shape index (κ2) is 12.2. The zero-order valence-corrected chi connectivity index (χ0v) is 18.8. The summed E-state index contributed by atoms with van der Waals surface area (Å²) in [4.78, 5) is 15.7. The smallest absolute Gasteiger partial charge is 0.387 e. The average Bonchev–Trinajstić information content (AvgIpc) is 2.69. The van der Waals surface area contributed by atoms with Crippen LogP contribution >= 0.6 is 24.0 Å². The lowest BCUT2D eigenvalue weighted by Gasteiger charge is -2.15. The Labute approximate surface area is 186 Å². The van der Waals surface area contributed by atoms with Crippen LogP contribution in [-0.4, -0.2) is 32.6 Å². The summed E-state index contributed by atoms with van der Waals surface area (Å²) in [5.74, 6) is 0.505. The zero-order valence-electron chi connectivity index (χ0n) is 16.5. The van der Waals surface area contributed by atoms with Gasteiger partial charge in [0, 0.05) is 38.3 Å². The highest BCUT2D eigenvalue weighted by Gasteiger charge is 2.10. The Hall–Kier alpha value is -2.43. The Balaban J connectivity index is 0.00000420. The van der Waals surface area contributed by atoms with E-state index < -0.39 is 6.61 Å². The van der Waals surface area contributed by atoms with Gasteiger partial charge in [0.15, 0.2) is 5.96 Å². The van der Waals surface area contributed by atoms with E-state index in [9.17, 15) is 13.6 Å². The van der Waals surface area contributed by atoms with E-state index in [-0.39, 0.29) is 42.2 Å². The van der Waals surface area contributed by atoms with Crippen molar-refractivity contribution in [2.45, 2.75) is 26.6 Å². The van der Waals surface area contributed by atoms with Crippen LogP contribution in [0.3, 0.4) is 0 Å². The fraction of sp³-hybridized carbons (Fsp3) is 0.300. The molecule has 0 saturated carbocycles. The van der Waals surface area contributed by atoms with Crippen LogP contribution in [-0.2, 0) is 13.1 Å². The monoisotopic (exact) mass is 518 g/mol. The first kappa shape index (κ1) is 24.6. The van der Waals surface area contributed by atoms with Crippen molar-refractivity contribution in [3.05, 3.63) is 64.7 Å². The number of carbonyl (C=O) groups excluding carboxylic acids is 1. The van der Waals surface area contributed by atoms with Gasteiger partial charge in [0.1, 0.15) is 5.75 Å². The minimum absolute atomic E-state index is 0. The van der Waals surface area contributed by atoms with Crippen LogP contribution in [0.1, 0.15) is 27.0 Å². The van der Waals surface area contributed by atoms with E-state index in [4.69, 9.17) is 0 Å². The molecule has 9 heteroatoms. The molecule has 0 fully saturated rings. The van der Waals surface area contributed by atoms with Gasteiger partial charge in [-0.25, -0.2) is 0 Å². The predicted octanol–water partition coefficient (Wildman–Crippen LogP) is 3.44. The molecule has 0 aliphatic rings. The number of halogens is 3. The molecule has 0 spiro atoms. The van der Waals surface area contributed by atoms with Crippen LogP contribution in [0.4, 0.5) is 8.78 Å². The van der Waals surface area contributed by atoms with Crippen molar-refractivity contribution in [1.82, 2.24) is 16.0 Å². The summed E-state index contributed by atoms with van der Waals surface area (Å²) in [5.41, 5.74) is 3.10. The van der Waals surface area contributed by atoms with Crippen LogP contribution < -0.4 is 20.7 Å². The molecule has 0 aliphatic carbocycles. The molecule has 0 saturated heterocycles. The van der Waals surface area contributed by atoms with E-state index in [2.05, 4.69) is 25.7 Å². The van der Waals surface area contributed by atoms with Crippen LogP contribution in [0.2, 0.25) is 0 Å². The number of hydrogen-bond acceptors (Lipinski definition) is 3. The van der Waals surface area contributed by atoms with E-state index in [0.717, 1.165) is 11.1 Å². The number of amides is 1. The Kier molecular flexibility index (Phi) is 10.4. The molecule has 2 aromatic rings. The van der Waals surface area contributed by atoms with Gasteiger partial charge in [0.05, 0.1) is 0 Å². The standard InChI is InChI=1S/C20H24F2N4O2.HI/c1-13-4-9-17(28-19(21)22)16(10-13)12-26-20(24-3)25-11-14-5-7-15(8-6-14)18(27)23-2;/h4-10,19H,11-12H2,1-3H3,(H,23,27)(H2,24,25,26);1H. The first-order valence-electron chi connectivity index (χ1n) is 8.72. The molecule has 0 aromatic heterocycles. The van der Waals surface area contributed by atoms with Gasteiger partial charge < -0.3 is 20.7 Å². The van der Waals surface area contributed by atoms with E-state index in [0.29, 0.717) is 23.6 Å². The highest BCUT2D eigenvalue weighted by Crippen LogP contribution is 2.21. The van der Waals surface area contributed by atoms with Crippen molar-refractivity contribution in [1.29, 1.82) is 0 Å². The minimum Gasteiger partial charge on any atom is -0.434 e. The molecule has 158 valence electrons. The van der Waals surface area contributed by atoms with Crippen molar-refractivity contribution >= 4 is 35.8 Å². The number of guanidine groups is 1. The number of hydrogen-bond donors (Lipinski definition) is 3. The van der Waals surface area contributed by atoms with E-state index >= 15 is 0 Å². The molecule has 0 bridgehead atoms. The minimum atomic E-state index is -2.88. The summed E-state index contributed by atoms with van der Waals surface area (Å²) in [6.07, 6.45) is 0. The Morgan fingerprint density at radius 2 is 1.76 bits per heavy atom. The maximum atomic E-state index is 12.6. The van der Waals surface area contributed by atoms with Gasteiger partial charge in [0.2, 0.25) is 0 Å². The number of ether oxygens (including phenoxy) is 1. The SMILES string of the molecule is CN=C(NCc1ccc(C(=O)NC)cc1)NCc1cc(C)ccc1OC(F)F.I. The van der Waals surface area contributed by atoms with Gasteiger partial charge in [-0.1, -0.05) is 29.8 Å². The van der Waals surface area contributed by atoms with Gasteiger partial charge in [0.25, 0.3) is 5.91 Å². The second-order valence-corrected chi connectivity index (χ2v) is 6.05. The first-order valence-corrected chi connectivity index (χ1v) is 8.72. The predicted molar refractivity (Wildman–Crippen MR) is 120 cm³/mol. The normalized spacial score (nSPS) is 10.9. The summed E-state index contributed by atoms with van der Waals surface area (Å²) >= 11 is 0. The Morgan fingerprint density at radius 3 is 2.34 bits per heavy atom. The van der Waals surface area contributed by atoms with Crippen molar-refractivity contribution in [2.24, 2.45) is 4.99 Å². The summed E-state index contributed by atoms with van der Waals surface area (Å²) in [5, 5.41) is 8.80. The molecule has 6 nitrogen and oxygen atoms in total.